The number of nitrogens with zero attached hydrogens (tertiary/aromatic N) is 2. The first-order chi connectivity index (χ1) is 10.2. The Morgan fingerprint density at radius 2 is 1.81 bits per heavy atom. The molecular weight excluding hydrogens is 260 g/mol. The van der Waals surface area contributed by atoms with E-state index in [-0.39, 0.29) is 11.7 Å². The fourth-order valence-electron chi connectivity index (χ4n) is 2.86. The molecule has 0 atom stereocenters. The van der Waals surface area contributed by atoms with Crippen molar-refractivity contribution in [3.05, 3.63) is 59.8 Å². The summed E-state index contributed by atoms with van der Waals surface area (Å²) >= 11 is 0. The van der Waals surface area contributed by atoms with Gasteiger partial charge in [0, 0.05) is 30.8 Å². The summed E-state index contributed by atoms with van der Waals surface area (Å²) in [6.45, 7) is 3.85. The lowest BCUT2D eigenvalue weighted by molar-refractivity contribution is 0.0900. The number of carbonyl (C=O) groups is 1. The zero-order valence-electron chi connectivity index (χ0n) is 12.3. The van der Waals surface area contributed by atoms with E-state index < -0.39 is 0 Å². The Labute approximate surface area is 125 Å². The number of carbonyl (C=O) groups excluding carboxylic acids is 1. The largest absolute Gasteiger partial charge is 0.357 e. The smallest absolute Gasteiger partial charge is 0.166 e. The number of pyridine rings is 1. The molecule has 2 heterocycles. The lowest BCUT2D eigenvalue weighted by atomic mass is 9.89. The number of hydrogen-bond acceptors (Lipinski definition) is 3. The minimum absolute atomic E-state index is 0.147. The summed E-state index contributed by atoms with van der Waals surface area (Å²) in [5.41, 5.74) is 2.01. The van der Waals surface area contributed by atoms with Crippen LogP contribution in [0.4, 0.5) is 5.82 Å². The molecule has 0 radical (unpaired) electrons. The molecule has 1 fully saturated rings. The third kappa shape index (κ3) is 3.13. The van der Waals surface area contributed by atoms with E-state index in [0.29, 0.717) is 0 Å². The monoisotopic (exact) mass is 280 g/mol. The molecule has 21 heavy (non-hydrogen) atoms. The first-order valence-electron chi connectivity index (χ1n) is 7.51. The molecule has 0 unspecified atom stereocenters. The third-order valence-corrected chi connectivity index (χ3v) is 4.14. The van der Waals surface area contributed by atoms with Crippen molar-refractivity contribution in [3.8, 4) is 0 Å². The number of piperidine rings is 1. The van der Waals surface area contributed by atoms with Crippen LogP contribution in [0.3, 0.4) is 0 Å². The highest BCUT2D eigenvalue weighted by molar-refractivity contribution is 5.97. The normalized spacial score (nSPS) is 16.0. The number of benzene rings is 1. The summed E-state index contributed by atoms with van der Waals surface area (Å²) in [7, 11) is 0. The fraction of sp³-hybridized carbons (Fsp3) is 0.333. The zero-order valence-corrected chi connectivity index (χ0v) is 12.3. The van der Waals surface area contributed by atoms with Crippen LogP contribution in [0.15, 0.2) is 48.7 Å². The standard InChI is InChI=1S/C18H20N2O/c1-14-7-8-17(19-13-14)20-11-9-16(10-12-20)18(21)15-5-3-2-4-6-15/h2-8,13,16H,9-12H2,1H3. The van der Waals surface area contributed by atoms with Crippen molar-refractivity contribution >= 4 is 11.6 Å². The van der Waals surface area contributed by atoms with Crippen LogP contribution in [0, 0.1) is 12.8 Å². The summed E-state index contributed by atoms with van der Waals surface area (Å²) in [6, 6.07) is 13.8. The minimum atomic E-state index is 0.147. The van der Waals surface area contributed by atoms with Gasteiger partial charge in [-0.25, -0.2) is 4.98 Å². The van der Waals surface area contributed by atoms with Gasteiger partial charge in [-0.05, 0) is 31.4 Å². The van der Waals surface area contributed by atoms with Crippen LogP contribution in [0.2, 0.25) is 0 Å². The van der Waals surface area contributed by atoms with Crippen LogP contribution in [-0.2, 0) is 0 Å². The molecule has 1 aromatic heterocycles. The molecule has 0 saturated carbocycles. The number of rotatable bonds is 3. The molecule has 1 aliphatic heterocycles. The quantitative estimate of drug-likeness (QED) is 0.807. The molecule has 3 nitrogen and oxygen atoms in total. The molecule has 0 spiro atoms. The first kappa shape index (κ1) is 13.8. The second kappa shape index (κ2) is 6.08. The molecule has 0 amide bonds. The van der Waals surface area contributed by atoms with Crippen molar-refractivity contribution in [2.75, 3.05) is 18.0 Å². The molecule has 0 N–H and O–H groups in total. The van der Waals surface area contributed by atoms with Gasteiger partial charge < -0.3 is 4.90 Å². The van der Waals surface area contributed by atoms with E-state index in [1.165, 1.54) is 5.56 Å². The fourth-order valence-corrected chi connectivity index (χ4v) is 2.86. The van der Waals surface area contributed by atoms with Gasteiger partial charge in [0.1, 0.15) is 5.82 Å². The van der Waals surface area contributed by atoms with E-state index in [1.54, 1.807) is 0 Å². The molecular formula is C18H20N2O. The highest BCUT2D eigenvalue weighted by Crippen LogP contribution is 2.24. The molecule has 1 aliphatic rings. The summed E-state index contributed by atoms with van der Waals surface area (Å²) in [5, 5.41) is 0. The van der Waals surface area contributed by atoms with Gasteiger partial charge in [0.2, 0.25) is 0 Å². The topological polar surface area (TPSA) is 33.2 Å². The predicted octanol–water partition coefficient (Wildman–Crippen LogP) is 3.49. The highest BCUT2D eigenvalue weighted by Gasteiger charge is 2.26. The number of ketones is 1. The van der Waals surface area contributed by atoms with Gasteiger partial charge >= 0.3 is 0 Å². The van der Waals surface area contributed by atoms with Crippen molar-refractivity contribution in [2.45, 2.75) is 19.8 Å². The lowest BCUT2D eigenvalue weighted by Crippen LogP contribution is -2.36. The van der Waals surface area contributed by atoms with Crippen LogP contribution < -0.4 is 4.90 Å². The van der Waals surface area contributed by atoms with E-state index in [1.807, 2.05) is 43.5 Å². The van der Waals surface area contributed by atoms with Crippen molar-refractivity contribution in [2.24, 2.45) is 5.92 Å². The van der Waals surface area contributed by atoms with Crippen LogP contribution >= 0.6 is 0 Å². The molecule has 1 aromatic carbocycles. The lowest BCUT2D eigenvalue weighted by Gasteiger charge is -2.32. The van der Waals surface area contributed by atoms with Gasteiger partial charge in [-0.3, -0.25) is 4.79 Å². The summed E-state index contributed by atoms with van der Waals surface area (Å²) < 4.78 is 0. The van der Waals surface area contributed by atoms with Gasteiger partial charge in [-0.15, -0.1) is 0 Å². The number of Topliss-reactive ketones (excluding diaryl/α,β-unsaturated/α-hetero) is 1. The SMILES string of the molecule is Cc1ccc(N2CCC(C(=O)c3ccccc3)CC2)nc1. The van der Waals surface area contributed by atoms with Gasteiger partial charge in [0.05, 0.1) is 0 Å². The average Bonchev–Trinajstić information content (AvgIpc) is 2.56. The predicted molar refractivity (Wildman–Crippen MR) is 84.7 cm³/mol. The van der Waals surface area contributed by atoms with Gasteiger partial charge in [0.15, 0.2) is 5.78 Å². The highest BCUT2D eigenvalue weighted by atomic mass is 16.1. The Kier molecular flexibility index (Phi) is 4.00. The maximum atomic E-state index is 12.5. The second-order valence-corrected chi connectivity index (χ2v) is 5.69. The Bertz CT molecular complexity index is 599. The minimum Gasteiger partial charge on any atom is -0.357 e. The van der Waals surface area contributed by atoms with Gasteiger partial charge in [-0.2, -0.15) is 0 Å². The first-order valence-corrected chi connectivity index (χ1v) is 7.51. The Morgan fingerprint density at radius 1 is 1.10 bits per heavy atom. The molecule has 3 heteroatoms. The van der Waals surface area contributed by atoms with Gasteiger partial charge in [0.25, 0.3) is 0 Å². The van der Waals surface area contributed by atoms with Crippen molar-refractivity contribution in [1.29, 1.82) is 0 Å². The Morgan fingerprint density at radius 3 is 2.43 bits per heavy atom. The molecule has 3 rings (SSSR count). The summed E-state index contributed by atoms with van der Waals surface area (Å²) in [4.78, 5) is 19.2. The third-order valence-electron chi connectivity index (χ3n) is 4.14. The maximum absolute atomic E-state index is 12.5. The zero-order chi connectivity index (χ0) is 14.7. The number of aromatic nitrogens is 1. The molecule has 2 aromatic rings. The van der Waals surface area contributed by atoms with Crippen molar-refractivity contribution in [3.63, 3.8) is 0 Å². The van der Waals surface area contributed by atoms with E-state index in [9.17, 15) is 4.79 Å². The molecule has 1 saturated heterocycles. The summed E-state index contributed by atoms with van der Waals surface area (Å²) in [5.74, 6) is 1.45. The molecule has 108 valence electrons. The van der Waals surface area contributed by atoms with E-state index >= 15 is 0 Å². The van der Waals surface area contributed by atoms with Crippen molar-refractivity contribution in [1.82, 2.24) is 4.98 Å². The van der Waals surface area contributed by atoms with Crippen LogP contribution in [0.25, 0.3) is 0 Å². The summed E-state index contributed by atoms with van der Waals surface area (Å²) in [6.07, 6.45) is 3.71. The maximum Gasteiger partial charge on any atom is 0.166 e. The van der Waals surface area contributed by atoms with E-state index in [2.05, 4.69) is 22.0 Å². The number of anilines is 1. The van der Waals surface area contributed by atoms with E-state index in [4.69, 9.17) is 0 Å². The Hall–Kier alpha value is -2.16. The number of aryl methyl sites for hydroxylation is 1. The number of hydrogen-bond donors (Lipinski definition) is 0. The van der Waals surface area contributed by atoms with Crippen molar-refractivity contribution < 1.29 is 4.79 Å². The van der Waals surface area contributed by atoms with Crippen LogP contribution in [-0.4, -0.2) is 23.9 Å². The van der Waals surface area contributed by atoms with Gasteiger partial charge in [-0.1, -0.05) is 36.4 Å². The van der Waals surface area contributed by atoms with Crippen LogP contribution in [0.1, 0.15) is 28.8 Å². The molecule has 0 bridgehead atoms. The second-order valence-electron chi connectivity index (χ2n) is 5.69. The average molecular weight is 280 g/mol. The van der Waals surface area contributed by atoms with Crippen LogP contribution in [0.5, 0.6) is 0 Å². The molecule has 0 aliphatic carbocycles. The Balaban J connectivity index is 1.63. The van der Waals surface area contributed by atoms with E-state index in [0.717, 1.165) is 37.3 Å².